The van der Waals surface area contributed by atoms with Crippen molar-refractivity contribution in [3.8, 4) is 0 Å². The monoisotopic (exact) mass is 372 g/mol. The fraction of sp³-hybridized carbons (Fsp3) is 0.833. The average molecular weight is 372 g/mol. The van der Waals surface area contributed by atoms with E-state index in [1.807, 2.05) is 0 Å². The van der Waals surface area contributed by atoms with Crippen molar-refractivity contribution in [2.24, 2.45) is 5.92 Å². The van der Waals surface area contributed by atoms with Crippen LogP contribution in [0.3, 0.4) is 0 Å². The second-order valence-electron chi connectivity index (χ2n) is 8.37. The van der Waals surface area contributed by atoms with Crippen molar-refractivity contribution in [2.45, 2.75) is 84.9 Å². The van der Waals surface area contributed by atoms with E-state index in [0.717, 1.165) is 0 Å². The van der Waals surface area contributed by atoms with Crippen LogP contribution in [-0.2, 0) is 19.1 Å². The zero-order valence-electron chi connectivity index (χ0n) is 17.2. The molecule has 150 valence electrons. The van der Waals surface area contributed by atoms with Gasteiger partial charge in [-0.25, -0.2) is 4.79 Å². The molecule has 0 radical (unpaired) electrons. The second-order valence-corrected chi connectivity index (χ2v) is 8.37. The van der Waals surface area contributed by atoms with E-state index in [1.54, 1.807) is 55.4 Å². The molecule has 1 aliphatic rings. The number of hydrogen-bond acceptors (Lipinski definition) is 5. The SMILES string of the molecule is C[C@@H](C(=O)O)[C@@H]1OC(C)(C)N(C(=O)[C@H](C)N(C)C(=O)OC(C)(C)C)[C@H]1C. The quantitative estimate of drug-likeness (QED) is 0.813. The summed E-state index contributed by atoms with van der Waals surface area (Å²) in [5.74, 6) is -2.07. The highest BCUT2D eigenvalue weighted by Crippen LogP contribution is 2.36. The third-order valence-electron chi connectivity index (χ3n) is 4.63. The van der Waals surface area contributed by atoms with Crippen molar-refractivity contribution in [1.82, 2.24) is 9.80 Å². The maximum absolute atomic E-state index is 13.1. The van der Waals surface area contributed by atoms with Gasteiger partial charge in [0.05, 0.1) is 18.1 Å². The van der Waals surface area contributed by atoms with Gasteiger partial charge >= 0.3 is 12.1 Å². The van der Waals surface area contributed by atoms with Crippen molar-refractivity contribution in [3.05, 3.63) is 0 Å². The Morgan fingerprint density at radius 1 is 1.23 bits per heavy atom. The standard InChI is InChI=1S/C18H32N2O6/c1-10(15(22)23)13-11(2)20(18(7,8)25-13)14(21)12(3)19(9)16(24)26-17(4,5)6/h10-13H,1-9H3,(H,22,23)/t10-,11+,12+,13+/m1/s1. The van der Waals surface area contributed by atoms with Gasteiger partial charge in [0, 0.05) is 7.05 Å². The Labute approximate surface area is 155 Å². The molecule has 8 nitrogen and oxygen atoms in total. The average Bonchev–Trinajstić information content (AvgIpc) is 2.71. The van der Waals surface area contributed by atoms with E-state index in [-0.39, 0.29) is 5.91 Å². The summed E-state index contributed by atoms with van der Waals surface area (Å²) in [7, 11) is 1.50. The van der Waals surface area contributed by atoms with Crippen LogP contribution in [0.2, 0.25) is 0 Å². The van der Waals surface area contributed by atoms with Gasteiger partial charge in [-0.3, -0.25) is 14.5 Å². The van der Waals surface area contributed by atoms with Crippen LogP contribution in [-0.4, -0.2) is 69.4 Å². The fourth-order valence-corrected chi connectivity index (χ4v) is 3.11. The first-order valence-electron chi connectivity index (χ1n) is 8.79. The van der Waals surface area contributed by atoms with Gasteiger partial charge in [-0.15, -0.1) is 0 Å². The molecular formula is C18H32N2O6. The van der Waals surface area contributed by atoms with E-state index >= 15 is 0 Å². The molecule has 0 aromatic heterocycles. The lowest BCUT2D eigenvalue weighted by molar-refractivity contribution is -0.155. The van der Waals surface area contributed by atoms with Gasteiger partial charge in [-0.2, -0.15) is 0 Å². The lowest BCUT2D eigenvalue weighted by Crippen LogP contribution is -2.55. The minimum absolute atomic E-state index is 0.323. The Bertz CT molecular complexity index is 569. The summed E-state index contributed by atoms with van der Waals surface area (Å²) >= 11 is 0. The number of amides is 2. The highest BCUT2D eigenvalue weighted by Gasteiger charge is 2.52. The van der Waals surface area contributed by atoms with E-state index in [1.165, 1.54) is 16.8 Å². The van der Waals surface area contributed by atoms with E-state index in [4.69, 9.17) is 9.47 Å². The van der Waals surface area contributed by atoms with Crippen molar-refractivity contribution in [3.63, 3.8) is 0 Å². The minimum atomic E-state index is -0.981. The maximum atomic E-state index is 13.1. The van der Waals surface area contributed by atoms with Crippen LogP contribution in [0, 0.1) is 5.92 Å². The highest BCUT2D eigenvalue weighted by atomic mass is 16.6. The number of carbonyl (C=O) groups is 3. The largest absolute Gasteiger partial charge is 0.481 e. The number of carbonyl (C=O) groups excluding carboxylic acids is 2. The molecule has 1 heterocycles. The van der Waals surface area contributed by atoms with Gasteiger partial charge in [-0.1, -0.05) is 0 Å². The lowest BCUT2D eigenvalue weighted by atomic mass is 9.98. The third-order valence-corrected chi connectivity index (χ3v) is 4.63. The molecule has 2 amide bonds. The summed E-state index contributed by atoms with van der Waals surface area (Å²) in [6.45, 7) is 13.6. The summed E-state index contributed by atoms with van der Waals surface area (Å²) in [5.41, 5.74) is -1.65. The number of ether oxygens (including phenoxy) is 2. The van der Waals surface area contributed by atoms with Crippen LogP contribution < -0.4 is 0 Å². The van der Waals surface area contributed by atoms with Gasteiger partial charge < -0.3 is 19.5 Å². The summed E-state index contributed by atoms with van der Waals surface area (Å²) in [4.78, 5) is 39.4. The van der Waals surface area contributed by atoms with Crippen molar-refractivity contribution < 1.29 is 29.0 Å². The molecule has 8 heteroatoms. The number of nitrogens with zero attached hydrogens (tertiary/aromatic N) is 2. The fourth-order valence-electron chi connectivity index (χ4n) is 3.11. The molecule has 1 N–H and O–H groups in total. The number of likely N-dealkylation sites (N-methyl/N-ethyl adjacent to an activating group) is 1. The normalized spacial score (nSPS) is 24.7. The second kappa shape index (κ2) is 7.42. The summed E-state index contributed by atoms with van der Waals surface area (Å²) in [6, 6.07) is -1.23. The predicted octanol–water partition coefficient (Wildman–Crippen LogP) is 2.31. The van der Waals surface area contributed by atoms with E-state index in [0.29, 0.717) is 0 Å². The molecule has 1 aliphatic heterocycles. The first-order valence-corrected chi connectivity index (χ1v) is 8.79. The molecule has 1 fully saturated rings. The zero-order chi connectivity index (χ0) is 20.6. The Hall–Kier alpha value is -1.83. The molecule has 26 heavy (non-hydrogen) atoms. The van der Waals surface area contributed by atoms with Crippen LogP contribution in [0.1, 0.15) is 55.4 Å². The van der Waals surface area contributed by atoms with Gasteiger partial charge in [0.15, 0.2) is 0 Å². The minimum Gasteiger partial charge on any atom is -0.481 e. The van der Waals surface area contributed by atoms with Gasteiger partial charge in [0.2, 0.25) is 5.91 Å². The Morgan fingerprint density at radius 2 is 1.73 bits per heavy atom. The number of carboxylic acids is 1. The van der Waals surface area contributed by atoms with E-state index in [2.05, 4.69) is 0 Å². The van der Waals surface area contributed by atoms with Crippen molar-refractivity contribution in [2.75, 3.05) is 7.05 Å². The van der Waals surface area contributed by atoms with E-state index < -0.39 is 47.5 Å². The Kier molecular flexibility index (Phi) is 6.34. The first kappa shape index (κ1) is 22.2. The Morgan fingerprint density at radius 3 is 2.15 bits per heavy atom. The number of rotatable bonds is 4. The number of carboxylic acid groups (broad SMARTS) is 1. The highest BCUT2D eigenvalue weighted by molar-refractivity contribution is 5.86. The molecule has 0 aromatic rings. The summed E-state index contributed by atoms with van der Waals surface area (Å²) in [6.07, 6.45) is -1.23. The van der Waals surface area contributed by atoms with Gasteiger partial charge in [-0.05, 0) is 55.4 Å². The zero-order valence-corrected chi connectivity index (χ0v) is 17.2. The Balaban J connectivity index is 3.00. The molecule has 0 aromatic carbocycles. The molecule has 1 rings (SSSR count). The van der Waals surface area contributed by atoms with Crippen LogP contribution in [0.5, 0.6) is 0 Å². The number of aliphatic carboxylic acids is 1. The number of hydrogen-bond donors (Lipinski definition) is 1. The van der Waals surface area contributed by atoms with E-state index in [9.17, 15) is 19.5 Å². The van der Waals surface area contributed by atoms with Crippen molar-refractivity contribution >= 4 is 18.0 Å². The topological polar surface area (TPSA) is 96.4 Å². The van der Waals surface area contributed by atoms with Crippen LogP contribution in [0.4, 0.5) is 4.79 Å². The van der Waals surface area contributed by atoms with Crippen LogP contribution in [0.15, 0.2) is 0 Å². The molecule has 0 unspecified atom stereocenters. The molecular weight excluding hydrogens is 340 g/mol. The predicted molar refractivity (Wildman–Crippen MR) is 95.5 cm³/mol. The van der Waals surface area contributed by atoms with Gasteiger partial charge in [0.25, 0.3) is 0 Å². The summed E-state index contributed by atoms with van der Waals surface area (Å²) in [5, 5.41) is 9.28. The molecule has 4 atom stereocenters. The lowest BCUT2D eigenvalue weighted by Gasteiger charge is -2.37. The molecule has 1 saturated heterocycles. The smallest absolute Gasteiger partial charge is 0.410 e. The molecule has 0 aliphatic carbocycles. The molecule has 0 bridgehead atoms. The maximum Gasteiger partial charge on any atom is 0.410 e. The third kappa shape index (κ3) is 4.66. The van der Waals surface area contributed by atoms with Crippen LogP contribution in [0.25, 0.3) is 0 Å². The first-order chi connectivity index (χ1) is 11.6. The van der Waals surface area contributed by atoms with Gasteiger partial charge in [0.1, 0.15) is 17.4 Å². The van der Waals surface area contributed by atoms with Crippen molar-refractivity contribution in [1.29, 1.82) is 0 Å². The summed E-state index contributed by atoms with van der Waals surface area (Å²) < 4.78 is 11.2. The molecule has 0 spiro atoms. The molecule has 0 saturated carbocycles. The van der Waals surface area contributed by atoms with Crippen LogP contribution >= 0.6 is 0 Å².